The SMILES string of the molecule is Cc1cc(C)cc(-c2cccc(NCC3C(=O)N(c4cccc(C(=O)O)c4)c4cc(C(F)(F)F)ccc43)c2O)c1. The summed E-state index contributed by atoms with van der Waals surface area (Å²) in [6, 6.07) is 19.7. The molecule has 4 aromatic rings. The highest BCUT2D eigenvalue weighted by atomic mass is 19.4. The first kappa shape index (κ1) is 26.8. The second-order valence-corrected chi connectivity index (χ2v) is 9.81. The van der Waals surface area contributed by atoms with E-state index >= 15 is 0 Å². The number of hydrogen-bond acceptors (Lipinski definition) is 4. The van der Waals surface area contributed by atoms with E-state index in [4.69, 9.17) is 0 Å². The van der Waals surface area contributed by atoms with Crippen molar-refractivity contribution in [1.29, 1.82) is 0 Å². The lowest BCUT2D eigenvalue weighted by Crippen LogP contribution is -2.27. The Bertz CT molecular complexity index is 1630. The Morgan fingerprint density at radius 1 is 0.950 bits per heavy atom. The number of phenols is 1. The number of nitrogens with zero attached hydrogens (tertiary/aromatic N) is 1. The van der Waals surface area contributed by atoms with Gasteiger partial charge in [0.05, 0.1) is 28.4 Å². The fourth-order valence-electron chi connectivity index (χ4n) is 5.12. The molecule has 0 saturated heterocycles. The van der Waals surface area contributed by atoms with Crippen molar-refractivity contribution < 1.29 is 33.0 Å². The number of nitrogens with one attached hydrogen (secondary N) is 1. The number of fused-ring (bicyclic) bond motifs is 1. The number of carboxylic acids is 1. The van der Waals surface area contributed by atoms with Crippen molar-refractivity contribution in [3.8, 4) is 16.9 Å². The van der Waals surface area contributed by atoms with E-state index in [2.05, 4.69) is 5.32 Å². The van der Waals surface area contributed by atoms with Crippen molar-refractivity contribution >= 4 is 28.9 Å². The first-order valence-electron chi connectivity index (χ1n) is 12.5. The highest BCUT2D eigenvalue weighted by Crippen LogP contribution is 2.45. The summed E-state index contributed by atoms with van der Waals surface area (Å²) in [7, 11) is 0. The Morgan fingerprint density at radius 2 is 1.65 bits per heavy atom. The number of anilines is 3. The predicted molar refractivity (Wildman–Crippen MR) is 146 cm³/mol. The maximum absolute atomic E-state index is 13.7. The van der Waals surface area contributed by atoms with Gasteiger partial charge in [0.25, 0.3) is 0 Å². The van der Waals surface area contributed by atoms with Crippen LogP contribution in [0.25, 0.3) is 11.1 Å². The van der Waals surface area contributed by atoms with Gasteiger partial charge in [-0.05, 0) is 61.4 Å². The number of carbonyl (C=O) groups is 2. The molecule has 1 aliphatic heterocycles. The molecule has 0 bridgehead atoms. The number of carboxylic acid groups (broad SMARTS) is 1. The molecule has 5 rings (SSSR count). The lowest BCUT2D eigenvalue weighted by Gasteiger charge is -2.20. The van der Waals surface area contributed by atoms with Crippen molar-refractivity contribution in [2.45, 2.75) is 25.9 Å². The third-order valence-corrected chi connectivity index (χ3v) is 6.91. The number of carbonyl (C=O) groups excluding carboxylic acids is 1. The van der Waals surface area contributed by atoms with Crippen molar-refractivity contribution in [2.24, 2.45) is 0 Å². The van der Waals surface area contributed by atoms with Crippen LogP contribution in [0.4, 0.5) is 30.2 Å². The summed E-state index contributed by atoms with van der Waals surface area (Å²) in [5.74, 6) is -2.66. The molecule has 0 saturated carbocycles. The number of amides is 1. The van der Waals surface area contributed by atoms with Crippen LogP contribution in [0, 0.1) is 13.8 Å². The number of para-hydroxylation sites is 1. The largest absolute Gasteiger partial charge is 0.505 e. The maximum Gasteiger partial charge on any atom is 0.416 e. The molecule has 0 radical (unpaired) electrons. The van der Waals surface area contributed by atoms with Crippen molar-refractivity contribution in [2.75, 3.05) is 16.8 Å². The van der Waals surface area contributed by atoms with Crippen LogP contribution in [0.2, 0.25) is 0 Å². The summed E-state index contributed by atoms with van der Waals surface area (Å²) in [4.78, 5) is 26.3. The van der Waals surface area contributed by atoms with Crippen LogP contribution in [0.15, 0.2) is 78.9 Å². The van der Waals surface area contributed by atoms with Crippen LogP contribution in [0.3, 0.4) is 0 Å². The minimum Gasteiger partial charge on any atom is -0.505 e. The summed E-state index contributed by atoms with van der Waals surface area (Å²) in [6.45, 7) is 3.90. The zero-order valence-corrected chi connectivity index (χ0v) is 21.6. The van der Waals surface area contributed by atoms with Gasteiger partial charge in [-0.15, -0.1) is 0 Å². The molecule has 0 aliphatic carbocycles. The molecule has 9 heteroatoms. The average Bonchev–Trinajstić information content (AvgIpc) is 3.17. The number of rotatable bonds is 6. The Kier molecular flexibility index (Phi) is 6.75. The highest BCUT2D eigenvalue weighted by molar-refractivity contribution is 6.11. The molecule has 1 heterocycles. The summed E-state index contributed by atoms with van der Waals surface area (Å²) in [5, 5.41) is 23.6. The number of aryl methyl sites for hydroxylation is 2. The Labute approximate surface area is 228 Å². The molecule has 0 spiro atoms. The van der Waals surface area contributed by atoms with Crippen LogP contribution in [-0.4, -0.2) is 28.6 Å². The van der Waals surface area contributed by atoms with Gasteiger partial charge in [0, 0.05) is 17.8 Å². The molecule has 0 fully saturated rings. The van der Waals surface area contributed by atoms with E-state index < -0.39 is 29.5 Å². The molecule has 1 amide bonds. The number of halogens is 3. The van der Waals surface area contributed by atoms with Crippen LogP contribution >= 0.6 is 0 Å². The molecular formula is C31H25F3N2O4. The Morgan fingerprint density at radius 3 is 2.33 bits per heavy atom. The number of alkyl halides is 3. The number of phenolic OH excluding ortho intramolecular Hbond substituents is 1. The minimum absolute atomic E-state index is 0.0170. The number of benzene rings is 4. The second-order valence-electron chi connectivity index (χ2n) is 9.81. The average molecular weight is 547 g/mol. The monoisotopic (exact) mass is 546 g/mol. The van der Waals surface area contributed by atoms with Gasteiger partial charge in [-0.25, -0.2) is 4.79 Å². The van der Waals surface area contributed by atoms with Crippen LogP contribution in [0.5, 0.6) is 5.75 Å². The molecule has 4 aromatic carbocycles. The highest BCUT2D eigenvalue weighted by Gasteiger charge is 2.41. The fourth-order valence-corrected chi connectivity index (χ4v) is 5.12. The summed E-state index contributed by atoms with van der Waals surface area (Å²) >= 11 is 0. The third-order valence-electron chi connectivity index (χ3n) is 6.91. The van der Waals surface area contributed by atoms with Gasteiger partial charge in [0.2, 0.25) is 5.91 Å². The lowest BCUT2D eigenvalue weighted by molar-refractivity contribution is -0.137. The van der Waals surface area contributed by atoms with Gasteiger partial charge in [-0.1, -0.05) is 53.6 Å². The number of aromatic hydroxyl groups is 1. The van der Waals surface area contributed by atoms with Crippen LogP contribution in [-0.2, 0) is 11.0 Å². The van der Waals surface area contributed by atoms with E-state index in [-0.39, 0.29) is 29.2 Å². The molecule has 0 aromatic heterocycles. The van der Waals surface area contributed by atoms with Gasteiger partial charge in [-0.2, -0.15) is 13.2 Å². The van der Waals surface area contributed by atoms with Crippen molar-refractivity contribution in [3.05, 3.63) is 107 Å². The molecule has 1 aliphatic rings. The predicted octanol–water partition coefficient (Wildman–Crippen LogP) is 7.27. The van der Waals surface area contributed by atoms with E-state index in [0.717, 1.165) is 33.7 Å². The van der Waals surface area contributed by atoms with Crippen molar-refractivity contribution in [1.82, 2.24) is 0 Å². The first-order valence-corrected chi connectivity index (χ1v) is 12.5. The molecule has 204 valence electrons. The van der Waals surface area contributed by atoms with Crippen molar-refractivity contribution in [3.63, 3.8) is 0 Å². The quantitative estimate of drug-likeness (QED) is 0.221. The summed E-state index contributed by atoms with van der Waals surface area (Å²) in [5.41, 5.74) is 3.36. The zero-order chi connectivity index (χ0) is 28.8. The van der Waals surface area contributed by atoms with Gasteiger partial charge < -0.3 is 15.5 Å². The smallest absolute Gasteiger partial charge is 0.416 e. The third kappa shape index (κ3) is 4.98. The first-order chi connectivity index (χ1) is 18.9. The van der Waals surface area contributed by atoms with Gasteiger partial charge in [-0.3, -0.25) is 9.69 Å². The molecule has 3 N–H and O–H groups in total. The van der Waals surface area contributed by atoms with Crippen LogP contribution < -0.4 is 10.2 Å². The van der Waals surface area contributed by atoms with Crippen LogP contribution in [0.1, 0.15) is 38.5 Å². The Balaban J connectivity index is 1.51. The number of hydrogen-bond donors (Lipinski definition) is 3. The van der Waals surface area contributed by atoms with Gasteiger partial charge in [0.15, 0.2) is 0 Å². The normalized spacial score (nSPS) is 14.8. The van der Waals surface area contributed by atoms with E-state index in [0.29, 0.717) is 16.8 Å². The standard InChI is InChI=1S/C31H25F3N2O4/c1-17-11-18(2)13-20(12-17)23-7-4-8-26(28(23)37)35-16-25-24-10-9-21(31(32,33)34)15-27(24)36(29(25)38)22-6-3-5-19(14-22)30(39)40/h3-15,25,35,37H,16H2,1-2H3,(H,39,40). The molecule has 6 nitrogen and oxygen atoms in total. The van der Waals surface area contributed by atoms with E-state index in [9.17, 15) is 33.0 Å². The van der Waals surface area contributed by atoms with E-state index in [1.165, 1.54) is 30.3 Å². The molecule has 1 unspecified atom stereocenters. The minimum atomic E-state index is -4.64. The molecule has 40 heavy (non-hydrogen) atoms. The van der Waals surface area contributed by atoms with Gasteiger partial charge >= 0.3 is 12.1 Å². The summed E-state index contributed by atoms with van der Waals surface area (Å²) in [6.07, 6.45) is -4.64. The van der Waals surface area contributed by atoms with Gasteiger partial charge in [0.1, 0.15) is 5.75 Å². The summed E-state index contributed by atoms with van der Waals surface area (Å²) < 4.78 is 40.7. The lowest BCUT2D eigenvalue weighted by atomic mass is 9.98. The van der Waals surface area contributed by atoms with E-state index in [1.54, 1.807) is 18.2 Å². The Hall–Kier alpha value is -4.79. The molecular weight excluding hydrogens is 521 g/mol. The zero-order valence-electron chi connectivity index (χ0n) is 21.6. The fraction of sp³-hybridized carbons (Fsp3) is 0.161. The second kappa shape index (κ2) is 10.1. The maximum atomic E-state index is 13.7. The molecule has 1 atom stereocenters. The number of aromatic carboxylic acids is 1. The topological polar surface area (TPSA) is 89.9 Å². The van der Waals surface area contributed by atoms with E-state index in [1.807, 2.05) is 32.0 Å².